The van der Waals surface area contributed by atoms with Crippen LogP contribution in [0.1, 0.15) is 9.67 Å². The summed E-state index contributed by atoms with van der Waals surface area (Å²) in [7, 11) is 0. The molecule has 4 nitrogen and oxygen atoms in total. The number of rotatable bonds is 4. The van der Waals surface area contributed by atoms with Gasteiger partial charge in [-0.05, 0) is 29.1 Å². The first kappa shape index (κ1) is 15.4. The van der Waals surface area contributed by atoms with Gasteiger partial charge in [-0.25, -0.2) is 4.98 Å². The first-order chi connectivity index (χ1) is 12.3. The van der Waals surface area contributed by atoms with Gasteiger partial charge in [0.1, 0.15) is 0 Å². The van der Waals surface area contributed by atoms with E-state index in [1.54, 1.807) is 6.20 Å². The normalized spacial score (nSPS) is 10.6. The van der Waals surface area contributed by atoms with Gasteiger partial charge in [0, 0.05) is 16.8 Å². The van der Waals surface area contributed by atoms with Crippen molar-refractivity contribution >= 4 is 22.9 Å². The number of benzene rings is 2. The molecule has 0 atom stereocenters. The van der Waals surface area contributed by atoms with Crippen molar-refractivity contribution in [2.75, 3.05) is 5.32 Å². The lowest BCUT2D eigenvalue weighted by Crippen LogP contribution is -2.11. The summed E-state index contributed by atoms with van der Waals surface area (Å²) in [6.45, 7) is 0. The van der Waals surface area contributed by atoms with E-state index in [0.29, 0.717) is 16.3 Å². The van der Waals surface area contributed by atoms with E-state index in [-0.39, 0.29) is 5.91 Å². The monoisotopic (exact) mass is 346 g/mol. The average molecular weight is 346 g/mol. The molecule has 1 N–H and O–H groups in total. The lowest BCUT2D eigenvalue weighted by molar-refractivity contribution is 0.103. The summed E-state index contributed by atoms with van der Waals surface area (Å²) in [5.41, 5.74) is 3.55. The van der Waals surface area contributed by atoms with Gasteiger partial charge in [-0.1, -0.05) is 42.5 Å². The van der Waals surface area contributed by atoms with Gasteiger partial charge in [-0.3, -0.25) is 4.79 Å². The lowest BCUT2D eigenvalue weighted by atomic mass is 10.1. The van der Waals surface area contributed by atoms with Gasteiger partial charge in [0.05, 0.1) is 11.1 Å². The van der Waals surface area contributed by atoms with Gasteiger partial charge >= 0.3 is 0 Å². The van der Waals surface area contributed by atoms with Crippen LogP contribution in [0.2, 0.25) is 0 Å². The molecule has 0 saturated heterocycles. The number of nitrogens with one attached hydrogen (secondary N) is 1. The summed E-state index contributed by atoms with van der Waals surface area (Å²) in [4.78, 5) is 17.3. The van der Waals surface area contributed by atoms with Crippen molar-refractivity contribution in [3.63, 3.8) is 0 Å². The number of hydrogen-bond donors (Lipinski definition) is 1. The summed E-state index contributed by atoms with van der Waals surface area (Å²) in [5.74, 6) is 0.542. The van der Waals surface area contributed by atoms with Crippen LogP contribution < -0.4 is 5.32 Å². The highest BCUT2D eigenvalue weighted by atomic mass is 32.1. The zero-order chi connectivity index (χ0) is 17.1. The maximum atomic E-state index is 12.7. The minimum absolute atomic E-state index is 0.122. The lowest BCUT2D eigenvalue weighted by Gasteiger charge is -2.07. The van der Waals surface area contributed by atoms with Gasteiger partial charge in [0.25, 0.3) is 5.91 Å². The van der Waals surface area contributed by atoms with Crippen LogP contribution in [-0.2, 0) is 0 Å². The van der Waals surface area contributed by atoms with E-state index < -0.39 is 0 Å². The maximum absolute atomic E-state index is 12.7. The third kappa shape index (κ3) is 3.22. The molecule has 0 aliphatic heterocycles. The van der Waals surface area contributed by atoms with Crippen LogP contribution in [0.4, 0.5) is 5.69 Å². The van der Waals surface area contributed by atoms with Crippen LogP contribution in [0.5, 0.6) is 0 Å². The molecule has 1 amide bonds. The fourth-order valence-corrected chi connectivity index (χ4v) is 3.44. The average Bonchev–Trinajstić information content (AvgIpc) is 3.34. The highest BCUT2D eigenvalue weighted by Gasteiger charge is 2.15. The molecule has 0 aliphatic carbocycles. The molecule has 2 heterocycles. The van der Waals surface area contributed by atoms with Crippen LogP contribution in [0.3, 0.4) is 0 Å². The van der Waals surface area contributed by atoms with Crippen molar-refractivity contribution in [3.05, 3.63) is 83.5 Å². The number of thiophene rings is 1. The second kappa shape index (κ2) is 6.75. The Hall–Kier alpha value is -3.18. The number of carbonyl (C=O) groups is 1. The van der Waals surface area contributed by atoms with E-state index in [2.05, 4.69) is 10.3 Å². The predicted octanol–water partition coefficient (Wildman–Crippen LogP) is 5.32. The molecule has 0 saturated carbocycles. The van der Waals surface area contributed by atoms with E-state index in [1.165, 1.54) is 17.7 Å². The molecule has 0 bridgehead atoms. The zero-order valence-corrected chi connectivity index (χ0v) is 14.0. The number of oxazole rings is 1. The third-order valence-corrected chi connectivity index (χ3v) is 4.71. The van der Waals surface area contributed by atoms with Gasteiger partial charge in [-0.15, -0.1) is 11.3 Å². The molecule has 0 radical (unpaired) electrons. The Kier molecular flexibility index (Phi) is 4.14. The molecule has 5 heteroatoms. The van der Waals surface area contributed by atoms with Gasteiger partial charge in [0.15, 0.2) is 12.2 Å². The Morgan fingerprint density at radius 1 is 1.00 bits per heavy atom. The standard InChI is InChI=1S/C20H14N2O2S/c23-20(19-17(9-10-25-19)14-5-2-1-3-6-14)22-16-8-4-7-15(11-16)18-12-21-13-24-18/h1-13H,(H,22,23). The Labute approximate surface area is 148 Å². The Balaban J connectivity index is 1.60. The van der Waals surface area contributed by atoms with E-state index in [4.69, 9.17) is 4.42 Å². The molecule has 0 fully saturated rings. The van der Waals surface area contributed by atoms with Crippen molar-refractivity contribution < 1.29 is 9.21 Å². The Morgan fingerprint density at radius 3 is 2.64 bits per heavy atom. The number of anilines is 1. The summed E-state index contributed by atoms with van der Waals surface area (Å²) < 4.78 is 5.31. The number of hydrogen-bond acceptors (Lipinski definition) is 4. The van der Waals surface area contributed by atoms with Crippen LogP contribution in [0, 0.1) is 0 Å². The van der Waals surface area contributed by atoms with Gasteiger partial charge in [0.2, 0.25) is 0 Å². The smallest absolute Gasteiger partial charge is 0.266 e. The minimum atomic E-state index is -0.122. The quantitative estimate of drug-likeness (QED) is 0.544. The van der Waals surface area contributed by atoms with Crippen molar-refractivity contribution in [1.29, 1.82) is 0 Å². The SMILES string of the molecule is O=C(Nc1cccc(-c2cnco2)c1)c1sccc1-c1ccccc1. The van der Waals surface area contributed by atoms with Crippen LogP contribution >= 0.6 is 11.3 Å². The van der Waals surface area contributed by atoms with E-state index >= 15 is 0 Å². The molecular formula is C20H14N2O2S. The summed E-state index contributed by atoms with van der Waals surface area (Å²) in [6, 6.07) is 19.4. The van der Waals surface area contributed by atoms with E-state index in [0.717, 1.165) is 16.7 Å². The second-order valence-electron chi connectivity index (χ2n) is 5.43. The van der Waals surface area contributed by atoms with Crippen LogP contribution in [-0.4, -0.2) is 10.9 Å². The largest absolute Gasteiger partial charge is 0.444 e. The Morgan fingerprint density at radius 2 is 1.84 bits per heavy atom. The molecule has 2 aromatic heterocycles. The second-order valence-corrected chi connectivity index (χ2v) is 6.35. The van der Waals surface area contributed by atoms with Crippen LogP contribution in [0.15, 0.2) is 83.1 Å². The predicted molar refractivity (Wildman–Crippen MR) is 99.6 cm³/mol. The van der Waals surface area contributed by atoms with Crippen molar-refractivity contribution in [3.8, 4) is 22.5 Å². The van der Waals surface area contributed by atoms with Crippen LogP contribution in [0.25, 0.3) is 22.5 Å². The molecule has 0 unspecified atom stereocenters. The zero-order valence-electron chi connectivity index (χ0n) is 13.2. The fraction of sp³-hybridized carbons (Fsp3) is 0. The first-order valence-electron chi connectivity index (χ1n) is 7.74. The highest BCUT2D eigenvalue weighted by molar-refractivity contribution is 7.12. The van der Waals surface area contributed by atoms with Crippen molar-refractivity contribution in [2.24, 2.45) is 0 Å². The number of carbonyl (C=O) groups excluding carboxylic acids is 1. The fourth-order valence-electron chi connectivity index (χ4n) is 2.63. The third-order valence-electron chi connectivity index (χ3n) is 3.79. The van der Waals surface area contributed by atoms with Gasteiger partial charge in [-0.2, -0.15) is 0 Å². The number of amides is 1. The minimum Gasteiger partial charge on any atom is -0.444 e. The maximum Gasteiger partial charge on any atom is 0.266 e. The number of aromatic nitrogens is 1. The topological polar surface area (TPSA) is 55.1 Å². The molecule has 122 valence electrons. The molecular weight excluding hydrogens is 332 g/mol. The molecule has 4 aromatic rings. The highest BCUT2D eigenvalue weighted by Crippen LogP contribution is 2.29. The van der Waals surface area contributed by atoms with E-state index in [1.807, 2.05) is 66.0 Å². The van der Waals surface area contributed by atoms with Crippen molar-refractivity contribution in [1.82, 2.24) is 4.98 Å². The van der Waals surface area contributed by atoms with Gasteiger partial charge < -0.3 is 9.73 Å². The van der Waals surface area contributed by atoms with E-state index in [9.17, 15) is 4.79 Å². The Bertz CT molecular complexity index is 991. The van der Waals surface area contributed by atoms with Crippen molar-refractivity contribution in [2.45, 2.75) is 0 Å². The molecule has 4 rings (SSSR count). The molecule has 0 aliphatic rings. The number of nitrogens with zero attached hydrogens (tertiary/aromatic N) is 1. The first-order valence-corrected chi connectivity index (χ1v) is 8.62. The summed E-state index contributed by atoms with van der Waals surface area (Å²) in [6.07, 6.45) is 3.03. The summed E-state index contributed by atoms with van der Waals surface area (Å²) in [5, 5.41) is 4.90. The summed E-state index contributed by atoms with van der Waals surface area (Å²) >= 11 is 1.43. The molecule has 2 aromatic carbocycles. The molecule has 0 spiro atoms. The molecule has 25 heavy (non-hydrogen) atoms.